The Balaban J connectivity index is 1.93. The Labute approximate surface area is 137 Å². The van der Waals surface area contributed by atoms with Crippen LogP contribution in [-0.2, 0) is 0 Å². The van der Waals surface area contributed by atoms with Gasteiger partial charge in [0.15, 0.2) is 0 Å². The van der Waals surface area contributed by atoms with Crippen LogP contribution in [0.5, 0.6) is 0 Å². The molecule has 0 saturated heterocycles. The van der Waals surface area contributed by atoms with Crippen LogP contribution in [0.15, 0.2) is 83.3 Å². The molecule has 0 radical (unpaired) electrons. The maximum Gasteiger partial charge on any atom is 0.360 e. The van der Waals surface area contributed by atoms with Crippen LogP contribution in [0.3, 0.4) is 0 Å². The number of hydrogen-bond donors (Lipinski definition) is 0. The molecule has 3 aromatic rings. The Morgan fingerprint density at radius 3 is 2.39 bits per heavy atom. The van der Waals surface area contributed by atoms with E-state index >= 15 is 0 Å². The van der Waals surface area contributed by atoms with Crippen molar-refractivity contribution in [3.05, 3.63) is 90.2 Å². The van der Waals surface area contributed by atoms with E-state index in [1.165, 1.54) is 11.1 Å². The lowest BCUT2D eigenvalue weighted by Crippen LogP contribution is -1.93. The normalized spacial score (nSPS) is 12.4. The van der Waals surface area contributed by atoms with E-state index in [0.29, 0.717) is 5.92 Å². The van der Waals surface area contributed by atoms with Crippen LogP contribution < -0.4 is 0 Å². The molecule has 2 aromatic carbocycles. The van der Waals surface area contributed by atoms with Crippen LogP contribution in [0.1, 0.15) is 25.2 Å². The molecule has 0 aliphatic carbocycles. The third-order valence-electron chi connectivity index (χ3n) is 3.82. The monoisotopic (exact) mass is 301 g/mol. The number of para-hydroxylation sites is 1. The molecule has 0 spiro atoms. The van der Waals surface area contributed by atoms with E-state index in [2.05, 4.69) is 62.4 Å². The summed E-state index contributed by atoms with van der Waals surface area (Å²) in [5.74, 6) is 1.32. The Hall–Kier alpha value is -2.67. The molecular formula is C22H21O+. The zero-order valence-corrected chi connectivity index (χ0v) is 13.6. The standard InChI is InChI=1S/C22H21O/c1-17(2)20(13-8-11-18-9-4-3-5-10-18)22-16-15-19-12-6-7-14-21(19)23-22/h3-17H,1-2H3/q+1/b11-8+,20-13-. The van der Waals surface area contributed by atoms with Gasteiger partial charge in [-0.2, -0.15) is 0 Å². The first-order valence-corrected chi connectivity index (χ1v) is 7.99. The second kappa shape index (κ2) is 7.06. The number of hydrogen-bond acceptors (Lipinski definition) is 0. The molecule has 1 heterocycles. The van der Waals surface area contributed by atoms with Gasteiger partial charge in [-0.15, -0.1) is 0 Å². The molecule has 0 unspecified atom stereocenters. The lowest BCUT2D eigenvalue weighted by molar-refractivity contribution is 0.577. The van der Waals surface area contributed by atoms with Crippen LogP contribution in [-0.4, -0.2) is 0 Å². The zero-order valence-electron chi connectivity index (χ0n) is 13.6. The fraction of sp³-hybridized carbons (Fsp3) is 0.136. The van der Waals surface area contributed by atoms with Gasteiger partial charge in [-0.3, -0.25) is 0 Å². The molecule has 1 aromatic heterocycles. The second-order valence-electron chi connectivity index (χ2n) is 5.88. The fourth-order valence-corrected chi connectivity index (χ4v) is 2.57. The van der Waals surface area contributed by atoms with E-state index in [1.54, 1.807) is 0 Å². The largest absolute Gasteiger partial charge is 0.360 e. The summed E-state index contributed by atoms with van der Waals surface area (Å²) in [4.78, 5) is 0. The lowest BCUT2D eigenvalue weighted by atomic mass is 9.99. The second-order valence-corrected chi connectivity index (χ2v) is 5.88. The van der Waals surface area contributed by atoms with Crippen molar-refractivity contribution in [1.82, 2.24) is 0 Å². The van der Waals surface area contributed by atoms with Crippen molar-refractivity contribution >= 4 is 22.6 Å². The van der Waals surface area contributed by atoms with Crippen molar-refractivity contribution in [3.8, 4) is 0 Å². The van der Waals surface area contributed by atoms with Crippen molar-refractivity contribution in [3.63, 3.8) is 0 Å². The molecule has 1 nitrogen and oxygen atoms in total. The molecule has 0 fully saturated rings. The third-order valence-corrected chi connectivity index (χ3v) is 3.82. The van der Waals surface area contributed by atoms with E-state index in [-0.39, 0.29) is 0 Å². The Morgan fingerprint density at radius 1 is 0.870 bits per heavy atom. The number of rotatable bonds is 4. The van der Waals surface area contributed by atoms with Gasteiger partial charge >= 0.3 is 11.3 Å². The first-order chi connectivity index (χ1) is 11.2. The Kier molecular flexibility index (Phi) is 4.68. The van der Waals surface area contributed by atoms with Crippen LogP contribution in [0.4, 0.5) is 0 Å². The summed E-state index contributed by atoms with van der Waals surface area (Å²) in [6.07, 6.45) is 6.35. The minimum absolute atomic E-state index is 0.389. The third kappa shape index (κ3) is 3.75. The van der Waals surface area contributed by atoms with Gasteiger partial charge in [-0.1, -0.05) is 68.5 Å². The first kappa shape index (κ1) is 15.2. The Morgan fingerprint density at radius 2 is 1.61 bits per heavy atom. The average Bonchev–Trinajstić information content (AvgIpc) is 2.59. The molecular weight excluding hydrogens is 280 g/mol. The summed E-state index contributed by atoms with van der Waals surface area (Å²) in [6.45, 7) is 4.37. The maximum atomic E-state index is 6.09. The highest BCUT2D eigenvalue weighted by Crippen LogP contribution is 2.26. The van der Waals surface area contributed by atoms with Gasteiger partial charge in [-0.25, -0.2) is 4.42 Å². The summed E-state index contributed by atoms with van der Waals surface area (Å²) < 4.78 is 6.09. The van der Waals surface area contributed by atoms with E-state index < -0.39 is 0 Å². The topological polar surface area (TPSA) is 11.3 Å². The highest BCUT2D eigenvalue weighted by atomic mass is 16.3. The molecule has 0 aliphatic rings. The minimum Gasteiger partial charge on any atom is -0.207 e. The average molecular weight is 301 g/mol. The van der Waals surface area contributed by atoms with E-state index in [4.69, 9.17) is 4.42 Å². The van der Waals surface area contributed by atoms with Crippen molar-refractivity contribution in [2.45, 2.75) is 13.8 Å². The van der Waals surface area contributed by atoms with Gasteiger partial charge in [0.1, 0.15) is 0 Å². The van der Waals surface area contributed by atoms with Gasteiger partial charge in [-0.05, 0) is 29.7 Å². The quantitative estimate of drug-likeness (QED) is 0.397. The molecule has 0 N–H and O–H groups in total. The van der Waals surface area contributed by atoms with Gasteiger partial charge in [0.05, 0.1) is 11.0 Å². The molecule has 0 amide bonds. The van der Waals surface area contributed by atoms with E-state index in [1.807, 2.05) is 36.4 Å². The number of allylic oxidation sites excluding steroid dienone is 3. The van der Waals surface area contributed by atoms with Crippen molar-refractivity contribution in [2.75, 3.05) is 0 Å². The molecule has 1 heteroatoms. The molecule has 114 valence electrons. The number of benzene rings is 2. The molecule has 3 rings (SSSR count). The van der Waals surface area contributed by atoms with Crippen molar-refractivity contribution < 1.29 is 4.42 Å². The minimum atomic E-state index is 0.389. The molecule has 0 bridgehead atoms. The van der Waals surface area contributed by atoms with Crippen molar-refractivity contribution in [1.29, 1.82) is 0 Å². The summed E-state index contributed by atoms with van der Waals surface area (Å²) >= 11 is 0. The lowest BCUT2D eigenvalue weighted by Gasteiger charge is -2.03. The predicted molar refractivity (Wildman–Crippen MR) is 98.9 cm³/mol. The molecule has 0 aliphatic heterocycles. The summed E-state index contributed by atoms with van der Waals surface area (Å²) in [5.41, 5.74) is 3.31. The van der Waals surface area contributed by atoms with Gasteiger partial charge in [0, 0.05) is 12.1 Å². The van der Waals surface area contributed by atoms with Crippen LogP contribution in [0.25, 0.3) is 22.6 Å². The SMILES string of the molecule is CC(C)/C(=C/C=C/c1ccccc1)c1ccc2ccccc2[o+]1. The molecule has 0 saturated carbocycles. The predicted octanol–water partition coefficient (Wildman–Crippen LogP) is 6.47. The fourth-order valence-electron chi connectivity index (χ4n) is 2.57. The maximum absolute atomic E-state index is 6.09. The van der Waals surface area contributed by atoms with E-state index in [9.17, 15) is 0 Å². The van der Waals surface area contributed by atoms with Crippen LogP contribution in [0, 0.1) is 5.92 Å². The van der Waals surface area contributed by atoms with Gasteiger partial charge in [0.25, 0.3) is 0 Å². The highest BCUT2D eigenvalue weighted by Gasteiger charge is 2.18. The number of fused-ring (bicyclic) bond motifs is 1. The van der Waals surface area contributed by atoms with Gasteiger partial charge in [0.2, 0.25) is 0 Å². The molecule has 0 atom stereocenters. The Bertz CT molecular complexity index is 842. The zero-order chi connectivity index (χ0) is 16.1. The summed E-state index contributed by atoms with van der Waals surface area (Å²) in [5, 5.41) is 1.12. The van der Waals surface area contributed by atoms with Crippen LogP contribution in [0.2, 0.25) is 0 Å². The summed E-state index contributed by atoms with van der Waals surface area (Å²) in [7, 11) is 0. The van der Waals surface area contributed by atoms with Crippen molar-refractivity contribution in [2.24, 2.45) is 5.92 Å². The summed E-state index contributed by atoms with van der Waals surface area (Å²) in [6, 6.07) is 22.6. The van der Waals surface area contributed by atoms with Crippen LogP contribution >= 0.6 is 0 Å². The first-order valence-electron chi connectivity index (χ1n) is 7.99. The smallest absolute Gasteiger partial charge is 0.207 e. The molecule has 23 heavy (non-hydrogen) atoms. The highest BCUT2D eigenvalue weighted by molar-refractivity contribution is 5.78. The van der Waals surface area contributed by atoms with Gasteiger partial charge < -0.3 is 0 Å². The van der Waals surface area contributed by atoms with E-state index in [0.717, 1.165) is 16.7 Å².